The van der Waals surface area contributed by atoms with Crippen molar-refractivity contribution in [1.29, 1.82) is 0 Å². The van der Waals surface area contributed by atoms with Crippen LogP contribution in [0.25, 0.3) is 0 Å². The highest BCUT2D eigenvalue weighted by atomic mass is 19.1. The van der Waals surface area contributed by atoms with Gasteiger partial charge >= 0.3 is 7.12 Å². The fourth-order valence-electron chi connectivity index (χ4n) is 2.92. The van der Waals surface area contributed by atoms with E-state index < -0.39 is 18.3 Å². The molecule has 1 aromatic carbocycles. The van der Waals surface area contributed by atoms with Gasteiger partial charge in [-0.15, -0.1) is 0 Å². The molecule has 2 aliphatic heterocycles. The van der Waals surface area contributed by atoms with E-state index in [-0.39, 0.29) is 5.82 Å². The van der Waals surface area contributed by atoms with Gasteiger partial charge in [-0.25, -0.2) is 4.39 Å². The molecule has 2 fully saturated rings. The van der Waals surface area contributed by atoms with Crippen molar-refractivity contribution < 1.29 is 18.4 Å². The van der Waals surface area contributed by atoms with Crippen molar-refractivity contribution >= 4 is 12.6 Å². The van der Waals surface area contributed by atoms with Crippen LogP contribution < -0.4 is 5.46 Å². The molecule has 6 heteroatoms. The minimum atomic E-state index is -0.535. The van der Waals surface area contributed by atoms with E-state index in [9.17, 15) is 4.39 Å². The summed E-state index contributed by atoms with van der Waals surface area (Å²) in [5.41, 5.74) is 0.587. The zero-order chi connectivity index (χ0) is 16.7. The first-order valence-corrected chi connectivity index (χ1v) is 8.23. The zero-order valence-electron chi connectivity index (χ0n) is 14.4. The average molecular weight is 321 g/mol. The maximum absolute atomic E-state index is 14.5. The quantitative estimate of drug-likeness (QED) is 0.797. The Kier molecular flexibility index (Phi) is 4.53. The predicted octanol–water partition coefficient (Wildman–Crippen LogP) is 1.96. The van der Waals surface area contributed by atoms with Crippen LogP contribution in [0.4, 0.5) is 4.39 Å². The van der Waals surface area contributed by atoms with Crippen LogP contribution in [0.15, 0.2) is 18.2 Å². The van der Waals surface area contributed by atoms with Crippen LogP contribution in [0.2, 0.25) is 0 Å². The first kappa shape index (κ1) is 16.9. The molecule has 0 atom stereocenters. The SMILES string of the molecule is CC1(C)OB(c2cccc(F)c2CN2CCOCC2)OC1(C)C. The van der Waals surface area contributed by atoms with Gasteiger partial charge in [0.15, 0.2) is 0 Å². The highest BCUT2D eigenvalue weighted by Gasteiger charge is 2.52. The van der Waals surface area contributed by atoms with Gasteiger partial charge in [0.25, 0.3) is 0 Å². The molecule has 0 aromatic heterocycles. The molecule has 0 unspecified atom stereocenters. The number of halogens is 1. The number of hydrogen-bond donors (Lipinski definition) is 0. The molecule has 0 radical (unpaired) electrons. The lowest BCUT2D eigenvalue weighted by molar-refractivity contribution is 0.00578. The Morgan fingerprint density at radius 2 is 1.70 bits per heavy atom. The lowest BCUT2D eigenvalue weighted by atomic mass is 9.75. The third-order valence-electron chi connectivity index (χ3n) is 5.15. The Labute approximate surface area is 138 Å². The molecule has 4 nitrogen and oxygen atoms in total. The van der Waals surface area contributed by atoms with Crippen LogP contribution >= 0.6 is 0 Å². The highest BCUT2D eigenvalue weighted by molar-refractivity contribution is 6.62. The van der Waals surface area contributed by atoms with Crippen molar-refractivity contribution in [3.63, 3.8) is 0 Å². The molecule has 2 heterocycles. The monoisotopic (exact) mass is 321 g/mol. The summed E-state index contributed by atoms with van der Waals surface area (Å²) in [6, 6.07) is 5.13. The Morgan fingerprint density at radius 1 is 1.09 bits per heavy atom. The number of hydrogen-bond acceptors (Lipinski definition) is 4. The van der Waals surface area contributed by atoms with Crippen LogP contribution in [0.5, 0.6) is 0 Å². The standard InChI is InChI=1S/C17H25BFNO3/c1-16(2)17(3,4)23-18(22-16)14-6-5-7-15(19)13(14)12-20-8-10-21-11-9-20/h5-7H,8-12H2,1-4H3. The molecule has 0 bridgehead atoms. The van der Waals surface area contributed by atoms with E-state index in [1.807, 2.05) is 33.8 Å². The van der Waals surface area contributed by atoms with Gasteiger partial charge in [-0.3, -0.25) is 4.90 Å². The van der Waals surface area contributed by atoms with E-state index in [2.05, 4.69) is 4.90 Å². The van der Waals surface area contributed by atoms with Gasteiger partial charge in [0, 0.05) is 25.2 Å². The van der Waals surface area contributed by atoms with Gasteiger partial charge in [0.05, 0.1) is 24.4 Å². The van der Waals surface area contributed by atoms with Crippen molar-refractivity contribution in [2.45, 2.75) is 45.4 Å². The van der Waals surface area contributed by atoms with Gasteiger partial charge in [0.2, 0.25) is 0 Å². The third kappa shape index (κ3) is 3.31. The minimum Gasteiger partial charge on any atom is -0.399 e. The second kappa shape index (κ2) is 6.17. The number of benzene rings is 1. The fourth-order valence-corrected chi connectivity index (χ4v) is 2.92. The smallest absolute Gasteiger partial charge is 0.399 e. The van der Waals surface area contributed by atoms with Crippen LogP contribution in [-0.4, -0.2) is 49.5 Å². The molecule has 0 spiro atoms. The summed E-state index contributed by atoms with van der Waals surface area (Å²) < 4.78 is 32.0. The highest BCUT2D eigenvalue weighted by Crippen LogP contribution is 2.36. The van der Waals surface area contributed by atoms with E-state index in [1.165, 1.54) is 6.07 Å². The number of ether oxygens (including phenoxy) is 1. The largest absolute Gasteiger partial charge is 0.495 e. The Bertz CT molecular complexity index is 557. The zero-order valence-corrected chi connectivity index (χ0v) is 14.4. The minimum absolute atomic E-state index is 0.205. The number of nitrogens with zero attached hydrogens (tertiary/aromatic N) is 1. The van der Waals surface area contributed by atoms with Crippen molar-refractivity contribution in [3.8, 4) is 0 Å². The summed E-state index contributed by atoms with van der Waals surface area (Å²) in [5.74, 6) is -0.205. The summed E-state index contributed by atoms with van der Waals surface area (Å²) in [6.45, 7) is 11.6. The summed E-state index contributed by atoms with van der Waals surface area (Å²) in [6.07, 6.45) is 0. The fraction of sp³-hybridized carbons (Fsp3) is 0.647. The van der Waals surface area contributed by atoms with Gasteiger partial charge in [0.1, 0.15) is 5.82 Å². The second-order valence-electron chi connectivity index (χ2n) is 7.28. The molecule has 0 saturated carbocycles. The first-order chi connectivity index (χ1) is 10.8. The van der Waals surface area contributed by atoms with E-state index in [0.29, 0.717) is 25.3 Å². The number of morpholine rings is 1. The Balaban J connectivity index is 1.86. The van der Waals surface area contributed by atoms with E-state index in [0.717, 1.165) is 18.6 Å². The van der Waals surface area contributed by atoms with Gasteiger partial charge < -0.3 is 14.0 Å². The Hall–Kier alpha value is -0.945. The summed E-state index contributed by atoms with van der Waals surface area (Å²) in [7, 11) is -0.535. The molecule has 0 N–H and O–H groups in total. The van der Waals surface area contributed by atoms with Gasteiger partial charge in [-0.2, -0.15) is 0 Å². The molecule has 23 heavy (non-hydrogen) atoms. The maximum Gasteiger partial charge on any atom is 0.495 e. The van der Waals surface area contributed by atoms with E-state index >= 15 is 0 Å². The van der Waals surface area contributed by atoms with Crippen LogP contribution in [0.1, 0.15) is 33.3 Å². The molecule has 2 saturated heterocycles. The first-order valence-electron chi connectivity index (χ1n) is 8.23. The second-order valence-corrected chi connectivity index (χ2v) is 7.28. The third-order valence-corrected chi connectivity index (χ3v) is 5.15. The molecule has 126 valence electrons. The molecule has 0 aliphatic carbocycles. The molecular formula is C17H25BFNO3. The van der Waals surface area contributed by atoms with Crippen molar-refractivity contribution in [2.24, 2.45) is 0 Å². The summed E-state index contributed by atoms with van der Waals surface area (Å²) >= 11 is 0. The Morgan fingerprint density at radius 3 is 2.30 bits per heavy atom. The number of rotatable bonds is 3. The molecule has 0 amide bonds. The van der Waals surface area contributed by atoms with Crippen LogP contribution in [0.3, 0.4) is 0 Å². The summed E-state index contributed by atoms with van der Waals surface area (Å²) in [4.78, 5) is 2.21. The van der Waals surface area contributed by atoms with Gasteiger partial charge in [-0.05, 0) is 39.2 Å². The lowest BCUT2D eigenvalue weighted by Crippen LogP contribution is -2.41. The van der Waals surface area contributed by atoms with Gasteiger partial charge in [-0.1, -0.05) is 12.1 Å². The van der Waals surface area contributed by atoms with Crippen molar-refractivity contribution in [1.82, 2.24) is 4.90 Å². The molecule has 2 aliphatic rings. The molecule has 1 aromatic rings. The predicted molar refractivity (Wildman–Crippen MR) is 88.2 cm³/mol. The molecule has 3 rings (SSSR count). The van der Waals surface area contributed by atoms with E-state index in [1.54, 1.807) is 6.07 Å². The maximum atomic E-state index is 14.5. The van der Waals surface area contributed by atoms with Crippen molar-refractivity contribution in [2.75, 3.05) is 26.3 Å². The van der Waals surface area contributed by atoms with Crippen LogP contribution in [-0.2, 0) is 20.6 Å². The topological polar surface area (TPSA) is 30.9 Å². The van der Waals surface area contributed by atoms with E-state index in [4.69, 9.17) is 14.0 Å². The van der Waals surface area contributed by atoms with Crippen molar-refractivity contribution in [3.05, 3.63) is 29.6 Å². The molecular weight excluding hydrogens is 296 g/mol. The normalized spacial score (nSPS) is 24.1. The lowest BCUT2D eigenvalue weighted by Gasteiger charge is -2.32. The average Bonchev–Trinajstić information content (AvgIpc) is 2.70. The summed E-state index contributed by atoms with van der Waals surface area (Å²) in [5, 5.41) is 0. The van der Waals surface area contributed by atoms with Crippen LogP contribution in [0, 0.1) is 5.82 Å².